The number of ketones is 1. The molecular formula is C29H35FN2O3S. The number of allylic oxidation sites excluding steroid dienone is 1. The van der Waals surface area contributed by atoms with Gasteiger partial charge in [0, 0.05) is 16.4 Å². The minimum absolute atomic E-state index is 0.129. The second-order valence-corrected chi connectivity index (χ2v) is 9.52. The van der Waals surface area contributed by atoms with Gasteiger partial charge >= 0.3 is 5.97 Å². The fraction of sp³-hybridized carbons (Fsp3) is 0.345. The molecule has 1 heterocycles. The highest BCUT2D eigenvalue weighted by Crippen LogP contribution is 2.35. The Balaban J connectivity index is 0.000000850. The summed E-state index contributed by atoms with van der Waals surface area (Å²) in [6.45, 7) is 13.1. The molecule has 1 aromatic heterocycles. The normalized spacial score (nSPS) is 16.2. The Hall–Kier alpha value is -3.32. The minimum Gasteiger partial charge on any atom is -0.481 e. The molecule has 1 fully saturated rings. The van der Waals surface area contributed by atoms with E-state index in [1.165, 1.54) is 17.4 Å². The summed E-state index contributed by atoms with van der Waals surface area (Å²) < 4.78 is 14.7. The number of hydrogen-bond donors (Lipinski definition) is 2. The van der Waals surface area contributed by atoms with Crippen LogP contribution in [0.3, 0.4) is 0 Å². The van der Waals surface area contributed by atoms with Crippen molar-refractivity contribution in [1.82, 2.24) is 4.98 Å². The fourth-order valence-electron chi connectivity index (χ4n) is 4.05. The van der Waals surface area contributed by atoms with Crippen molar-refractivity contribution in [3.63, 3.8) is 0 Å². The molecule has 0 amide bonds. The topological polar surface area (TPSA) is 79.3 Å². The predicted octanol–water partition coefficient (Wildman–Crippen LogP) is 8.21. The third-order valence-electron chi connectivity index (χ3n) is 5.91. The number of carbonyl (C=O) groups excluding carboxylic acids is 1. The van der Waals surface area contributed by atoms with Gasteiger partial charge < -0.3 is 10.4 Å². The SMILES string of the molecule is C=CC.CC.Cc1nc(Nc2ccc(-c3ccc(C(=O)C4CCCC4C(=O)O)cc3)cc2F)sc1C. The third kappa shape index (κ3) is 7.10. The van der Waals surface area contributed by atoms with Crippen LogP contribution in [0.4, 0.5) is 15.2 Å². The summed E-state index contributed by atoms with van der Waals surface area (Å²) >= 11 is 1.48. The smallest absolute Gasteiger partial charge is 0.307 e. The van der Waals surface area contributed by atoms with Crippen LogP contribution < -0.4 is 5.32 Å². The molecule has 0 radical (unpaired) electrons. The van der Waals surface area contributed by atoms with Crippen molar-refractivity contribution in [2.75, 3.05) is 5.32 Å². The maximum atomic E-state index is 14.7. The number of benzene rings is 2. The van der Waals surface area contributed by atoms with Crippen molar-refractivity contribution in [2.24, 2.45) is 11.8 Å². The van der Waals surface area contributed by atoms with Crippen molar-refractivity contribution in [1.29, 1.82) is 0 Å². The first-order chi connectivity index (χ1) is 17.2. The molecule has 0 saturated heterocycles. The number of Topliss-reactive ketones (excluding diaryl/α,β-unsaturated/α-hetero) is 1. The molecule has 4 rings (SSSR count). The summed E-state index contributed by atoms with van der Waals surface area (Å²) in [6, 6.07) is 11.9. The van der Waals surface area contributed by atoms with Crippen LogP contribution in [-0.4, -0.2) is 21.8 Å². The van der Waals surface area contributed by atoms with Gasteiger partial charge in [-0.25, -0.2) is 9.37 Å². The van der Waals surface area contributed by atoms with Crippen molar-refractivity contribution >= 4 is 33.9 Å². The first kappa shape index (κ1) is 28.9. The highest BCUT2D eigenvalue weighted by molar-refractivity contribution is 7.15. The number of nitrogens with one attached hydrogen (secondary N) is 1. The average Bonchev–Trinajstić information content (AvgIpc) is 3.48. The number of carboxylic acid groups (broad SMARTS) is 1. The Kier molecular flexibility index (Phi) is 11.0. The summed E-state index contributed by atoms with van der Waals surface area (Å²) in [7, 11) is 0. The molecule has 36 heavy (non-hydrogen) atoms. The minimum atomic E-state index is -0.903. The molecule has 3 aromatic rings. The monoisotopic (exact) mass is 510 g/mol. The van der Waals surface area contributed by atoms with Gasteiger partial charge in [0.15, 0.2) is 10.9 Å². The Labute approximate surface area is 217 Å². The van der Waals surface area contributed by atoms with Gasteiger partial charge in [-0.1, -0.05) is 56.7 Å². The molecule has 1 saturated carbocycles. The number of aliphatic carboxylic acids is 1. The number of carboxylic acids is 1. The molecule has 5 nitrogen and oxygen atoms in total. The van der Waals surface area contributed by atoms with Crippen molar-refractivity contribution in [2.45, 2.75) is 53.9 Å². The highest BCUT2D eigenvalue weighted by Gasteiger charge is 2.37. The zero-order valence-electron chi connectivity index (χ0n) is 21.6. The van der Waals surface area contributed by atoms with E-state index in [-0.39, 0.29) is 5.78 Å². The zero-order chi connectivity index (χ0) is 26.8. The highest BCUT2D eigenvalue weighted by atomic mass is 32.1. The van der Waals surface area contributed by atoms with Gasteiger partial charge in [-0.3, -0.25) is 9.59 Å². The number of thiazole rings is 1. The molecule has 2 aromatic carbocycles. The third-order valence-corrected chi connectivity index (χ3v) is 6.90. The van der Waals surface area contributed by atoms with Crippen molar-refractivity contribution < 1.29 is 19.1 Å². The van der Waals surface area contributed by atoms with Crippen molar-refractivity contribution in [3.05, 3.63) is 77.1 Å². The molecule has 0 spiro atoms. The molecule has 0 aliphatic heterocycles. The predicted molar refractivity (Wildman–Crippen MR) is 147 cm³/mol. The number of aryl methyl sites for hydroxylation is 2. The van der Waals surface area contributed by atoms with E-state index in [4.69, 9.17) is 0 Å². The number of carbonyl (C=O) groups is 2. The fourth-order valence-corrected chi connectivity index (χ4v) is 4.87. The van der Waals surface area contributed by atoms with Gasteiger partial charge in [0.05, 0.1) is 17.3 Å². The zero-order valence-corrected chi connectivity index (χ0v) is 22.4. The van der Waals surface area contributed by atoms with E-state index in [1.54, 1.807) is 36.4 Å². The maximum absolute atomic E-state index is 14.7. The Bertz CT molecular complexity index is 1170. The van der Waals surface area contributed by atoms with Crippen LogP contribution in [0, 0.1) is 31.5 Å². The molecule has 0 bridgehead atoms. The van der Waals surface area contributed by atoms with Crippen LogP contribution in [0.5, 0.6) is 0 Å². The Morgan fingerprint density at radius 2 is 1.67 bits per heavy atom. The van der Waals surface area contributed by atoms with Gasteiger partial charge in [0.1, 0.15) is 5.82 Å². The van der Waals surface area contributed by atoms with Gasteiger partial charge in [-0.15, -0.1) is 17.9 Å². The first-order valence-electron chi connectivity index (χ1n) is 12.2. The van der Waals surface area contributed by atoms with Gasteiger partial charge in [0.25, 0.3) is 0 Å². The second-order valence-electron chi connectivity index (χ2n) is 8.31. The lowest BCUT2D eigenvalue weighted by atomic mass is 9.88. The molecule has 2 atom stereocenters. The van der Waals surface area contributed by atoms with E-state index in [0.717, 1.165) is 22.6 Å². The summed E-state index contributed by atoms with van der Waals surface area (Å²) in [6.07, 6.45) is 3.66. The first-order valence-corrected chi connectivity index (χ1v) is 13.0. The second kappa shape index (κ2) is 13.7. The lowest BCUT2D eigenvalue weighted by molar-refractivity contribution is -0.142. The largest absolute Gasteiger partial charge is 0.481 e. The summed E-state index contributed by atoms with van der Waals surface area (Å²) in [5, 5.41) is 13.0. The standard InChI is InChI=1S/C24H23FN2O3S.C3H6.C2H6/c1-13-14(2)31-24(26-13)27-21-11-10-17(12-20(21)25)15-6-8-16(9-7-15)22(28)18-4-3-5-19(18)23(29)30;1-3-2;1-2/h6-12,18-19H,3-5H2,1-2H3,(H,26,27)(H,29,30);3H,1H2,2H3;1-2H3. The van der Waals surface area contributed by atoms with Crippen molar-refractivity contribution in [3.8, 4) is 11.1 Å². The molecule has 192 valence electrons. The van der Waals surface area contributed by atoms with Crippen LogP contribution in [0.2, 0.25) is 0 Å². The van der Waals surface area contributed by atoms with E-state index in [2.05, 4.69) is 16.9 Å². The molecule has 1 aliphatic rings. The van der Waals surface area contributed by atoms with Crippen LogP contribution in [0.1, 0.15) is 61.0 Å². The molecule has 2 N–H and O–H groups in total. The molecular weight excluding hydrogens is 475 g/mol. The number of anilines is 2. The maximum Gasteiger partial charge on any atom is 0.307 e. The van der Waals surface area contributed by atoms with Crippen LogP contribution in [-0.2, 0) is 4.79 Å². The summed E-state index contributed by atoms with van der Waals surface area (Å²) in [5.74, 6) is -2.50. The quantitative estimate of drug-likeness (QED) is 0.258. The number of rotatable bonds is 6. The van der Waals surface area contributed by atoms with Gasteiger partial charge in [0.2, 0.25) is 0 Å². The van der Waals surface area contributed by atoms with Crippen LogP contribution in [0.15, 0.2) is 55.1 Å². The number of halogens is 1. The lowest BCUT2D eigenvalue weighted by Crippen LogP contribution is -2.25. The molecule has 2 unspecified atom stereocenters. The van der Waals surface area contributed by atoms with E-state index >= 15 is 0 Å². The summed E-state index contributed by atoms with van der Waals surface area (Å²) in [5.41, 5.74) is 3.24. The summed E-state index contributed by atoms with van der Waals surface area (Å²) in [4.78, 5) is 29.6. The van der Waals surface area contributed by atoms with E-state index in [1.807, 2.05) is 40.7 Å². The molecule has 1 aliphatic carbocycles. The average molecular weight is 511 g/mol. The Morgan fingerprint density at radius 3 is 2.19 bits per heavy atom. The number of nitrogens with zero attached hydrogens (tertiary/aromatic N) is 1. The molecule has 7 heteroatoms. The van der Waals surface area contributed by atoms with Crippen LogP contribution >= 0.6 is 11.3 Å². The van der Waals surface area contributed by atoms with Gasteiger partial charge in [-0.05, 0) is 56.9 Å². The Morgan fingerprint density at radius 1 is 1.08 bits per heavy atom. The van der Waals surface area contributed by atoms with E-state index in [0.29, 0.717) is 34.8 Å². The number of aromatic nitrogens is 1. The van der Waals surface area contributed by atoms with Gasteiger partial charge in [-0.2, -0.15) is 0 Å². The van der Waals surface area contributed by atoms with E-state index in [9.17, 15) is 19.1 Å². The number of hydrogen-bond acceptors (Lipinski definition) is 5. The lowest BCUT2D eigenvalue weighted by Gasteiger charge is -2.15. The van der Waals surface area contributed by atoms with Crippen LogP contribution in [0.25, 0.3) is 11.1 Å². The van der Waals surface area contributed by atoms with E-state index < -0.39 is 23.6 Å².